The Hall–Kier alpha value is -3.55. The molecular formula is C24H26N4O4. The molecule has 8 heteroatoms. The Morgan fingerprint density at radius 2 is 1.56 bits per heavy atom. The number of amides is 4. The van der Waals surface area contributed by atoms with Crippen LogP contribution in [-0.2, 0) is 16.0 Å². The number of urea groups is 1. The van der Waals surface area contributed by atoms with Crippen LogP contribution < -0.4 is 14.5 Å². The molecular weight excluding hydrogens is 408 g/mol. The molecule has 166 valence electrons. The van der Waals surface area contributed by atoms with Crippen LogP contribution in [0.25, 0.3) is 0 Å². The quantitative estimate of drug-likeness (QED) is 0.673. The normalized spacial score (nSPS) is 22.2. The van der Waals surface area contributed by atoms with E-state index in [0.717, 1.165) is 39.0 Å². The van der Waals surface area contributed by atoms with Crippen molar-refractivity contribution >= 4 is 29.2 Å². The third-order valence-corrected chi connectivity index (χ3v) is 7.10. The minimum atomic E-state index is -1.35. The highest BCUT2D eigenvalue weighted by Gasteiger charge is 2.63. The van der Waals surface area contributed by atoms with Gasteiger partial charge in [-0.2, -0.15) is 0 Å². The highest BCUT2D eigenvalue weighted by Crippen LogP contribution is 2.47. The Morgan fingerprint density at radius 3 is 2.22 bits per heavy atom. The minimum Gasteiger partial charge on any atom is -0.497 e. The largest absolute Gasteiger partial charge is 0.497 e. The van der Waals surface area contributed by atoms with E-state index in [-0.39, 0.29) is 6.42 Å². The fourth-order valence-corrected chi connectivity index (χ4v) is 5.40. The Kier molecular flexibility index (Phi) is 4.62. The van der Waals surface area contributed by atoms with Crippen LogP contribution in [0, 0.1) is 5.41 Å². The predicted octanol–water partition coefficient (Wildman–Crippen LogP) is 1.98. The number of methoxy groups -OCH3 is 1. The summed E-state index contributed by atoms with van der Waals surface area (Å²) >= 11 is 0. The molecule has 2 aromatic carbocycles. The van der Waals surface area contributed by atoms with Gasteiger partial charge in [0.2, 0.25) is 11.8 Å². The van der Waals surface area contributed by atoms with E-state index in [4.69, 9.17) is 4.74 Å². The highest BCUT2D eigenvalue weighted by atomic mass is 16.5. The van der Waals surface area contributed by atoms with Crippen molar-refractivity contribution in [3.8, 4) is 5.75 Å². The zero-order valence-electron chi connectivity index (χ0n) is 18.4. The summed E-state index contributed by atoms with van der Waals surface area (Å²) in [5, 5.41) is 0. The van der Waals surface area contributed by atoms with Crippen molar-refractivity contribution in [2.45, 2.75) is 12.5 Å². The van der Waals surface area contributed by atoms with Crippen LogP contribution in [0.3, 0.4) is 0 Å². The maximum absolute atomic E-state index is 13.7. The predicted molar refractivity (Wildman–Crippen MR) is 120 cm³/mol. The smallest absolute Gasteiger partial charge is 0.332 e. The van der Waals surface area contributed by atoms with E-state index in [1.54, 1.807) is 7.11 Å². The van der Waals surface area contributed by atoms with Gasteiger partial charge in [0.15, 0.2) is 5.41 Å². The van der Waals surface area contributed by atoms with Crippen molar-refractivity contribution in [3.63, 3.8) is 0 Å². The second-order valence-electron chi connectivity index (χ2n) is 8.64. The average Bonchev–Trinajstić information content (AvgIpc) is 2.84. The number of barbiturate groups is 1. The van der Waals surface area contributed by atoms with Crippen molar-refractivity contribution in [3.05, 3.63) is 54.1 Å². The average molecular weight is 434 g/mol. The number of benzene rings is 2. The lowest BCUT2D eigenvalue weighted by Crippen LogP contribution is -2.74. The SMILES string of the molecule is COc1ccc(N2CCN3c4ccccc4CC4(C(=O)N(C)C(=O)N(C)C4=O)C3C2)cc1. The molecule has 2 aromatic rings. The molecule has 0 bridgehead atoms. The lowest BCUT2D eigenvalue weighted by atomic mass is 9.67. The molecule has 32 heavy (non-hydrogen) atoms. The number of rotatable bonds is 2. The third kappa shape index (κ3) is 2.71. The van der Waals surface area contributed by atoms with Crippen molar-refractivity contribution < 1.29 is 19.1 Å². The van der Waals surface area contributed by atoms with E-state index in [1.807, 2.05) is 42.5 Å². The number of nitrogens with zero attached hydrogens (tertiary/aromatic N) is 4. The van der Waals surface area contributed by atoms with E-state index in [2.05, 4.69) is 15.9 Å². The lowest BCUT2D eigenvalue weighted by molar-refractivity contribution is -0.159. The topological polar surface area (TPSA) is 73.4 Å². The van der Waals surface area contributed by atoms with E-state index in [0.29, 0.717) is 13.1 Å². The maximum atomic E-state index is 13.7. The van der Waals surface area contributed by atoms with Gasteiger partial charge >= 0.3 is 6.03 Å². The van der Waals surface area contributed by atoms with E-state index in [9.17, 15) is 14.4 Å². The van der Waals surface area contributed by atoms with E-state index >= 15 is 0 Å². The first-order valence-electron chi connectivity index (χ1n) is 10.7. The number of piperazine rings is 1. The summed E-state index contributed by atoms with van der Waals surface area (Å²) in [5.74, 6) is -0.0757. The van der Waals surface area contributed by atoms with Crippen LogP contribution in [0.5, 0.6) is 5.75 Å². The van der Waals surface area contributed by atoms with Gasteiger partial charge in [-0.05, 0) is 42.3 Å². The van der Waals surface area contributed by atoms with Crippen molar-refractivity contribution in [2.24, 2.45) is 5.41 Å². The van der Waals surface area contributed by atoms with Gasteiger partial charge in [0.05, 0.1) is 13.2 Å². The zero-order valence-corrected chi connectivity index (χ0v) is 18.4. The highest BCUT2D eigenvalue weighted by molar-refractivity contribution is 6.20. The number of imide groups is 2. The van der Waals surface area contributed by atoms with E-state index < -0.39 is 29.3 Å². The van der Waals surface area contributed by atoms with Gasteiger partial charge in [-0.1, -0.05) is 18.2 Å². The molecule has 4 amide bonds. The number of hydrogen-bond acceptors (Lipinski definition) is 6. The number of ether oxygens (including phenoxy) is 1. The molecule has 0 radical (unpaired) electrons. The summed E-state index contributed by atoms with van der Waals surface area (Å²) in [7, 11) is 4.56. The second-order valence-corrected chi connectivity index (χ2v) is 8.64. The first-order valence-corrected chi connectivity index (χ1v) is 10.7. The summed E-state index contributed by atoms with van der Waals surface area (Å²) in [4.78, 5) is 46.4. The Morgan fingerprint density at radius 1 is 0.906 bits per heavy atom. The summed E-state index contributed by atoms with van der Waals surface area (Å²) < 4.78 is 5.27. The van der Waals surface area contributed by atoms with E-state index in [1.165, 1.54) is 14.1 Å². The molecule has 1 spiro atoms. The molecule has 8 nitrogen and oxygen atoms in total. The van der Waals surface area contributed by atoms with Crippen LogP contribution in [0.1, 0.15) is 5.56 Å². The van der Waals surface area contributed by atoms with Gasteiger partial charge in [-0.3, -0.25) is 19.4 Å². The van der Waals surface area contributed by atoms with Gasteiger partial charge in [-0.25, -0.2) is 4.79 Å². The number of carbonyl (C=O) groups is 3. The molecule has 1 unspecified atom stereocenters. The molecule has 2 fully saturated rings. The molecule has 2 saturated heterocycles. The van der Waals surface area contributed by atoms with Crippen molar-refractivity contribution in [1.82, 2.24) is 9.80 Å². The Bertz CT molecular complexity index is 1080. The lowest BCUT2D eigenvalue weighted by Gasteiger charge is -2.56. The van der Waals surface area contributed by atoms with Gasteiger partial charge in [0.1, 0.15) is 5.75 Å². The van der Waals surface area contributed by atoms with Gasteiger partial charge in [-0.15, -0.1) is 0 Å². The fraction of sp³-hybridized carbons (Fsp3) is 0.375. The van der Waals surface area contributed by atoms with Gasteiger partial charge in [0.25, 0.3) is 0 Å². The van der Waals surface area contributed by atoms with Crippen LogP contribution in [0.2, 0.25) is 0 Å². The number of carbonyl (C=O) groups excluding carboxylic acids is 3. The summed E-state index contributed by atoms with van der Waals surface area (Å²) in [5.41, 5.74) is 1.67. The Labute approximate surface area is 186 Å². The molecule has 1 atom stereocenters. The molecule has 5 rings (SSSR count). The molecule has 0 aliphatic carbocycles. The summed E-state index contributed by atoms with van der Waals surface area (Å²) in [6, 6.07) is 14.7. The van der Waals surface area contributed by atoms with Crippen LogP contribution in [0.4, 0.5) is 16.2 Å². The summed E-state index contributed by atoms with van der Waals surface area (Å²) in [6.45, 7) is 1.91. The molecule has 3 aliphatic rings. The van der Waals surface area contributed by atoms with Gasteiger partial charge < -0.3 is 14.5 Å². The monoisotopic (exact) mass is 434 g/mol. The summed E-state index contributed by atoms with van der Waals surface area (Å²) in [6.07, 6.45) is 0.278. The third-order valence-electron chi connectivity index (χ3n) is 7.10. The zero-order chi connectivity index (χ0) is 22.6. The molecule has 0 saturated carbocycles. The molecule has 3 heterocycles. The van der Waals surface area contributed by atoms with Crippen LogP contribution in [0.15, 0.2) is 48.5 Å². The molecule has 0 aromatic heterocycles. The Balaban J connectivity index is 1.61. The fourth-order valence-electron chi connectivity index (χ4n) is 5.40. The van der Waals surface area contributed by atoms with Crippen molar-refractivity contribution in [1.29, 1.82) is 0 Å². The van der Waals surface area contributed by atoms with Crippen molar-refractivity contribution in [2.75, 3.05) is 50.6 Å². The van der Waals surface area contributed by atoms with Crippen LogP contribution >= 0.6 is 0 Å². The number of hydrogen-bond donors (Lipinski definition) is 0. The molecule has 3 aliphatic heterocycles. The standard InChI is InChI=1S/C24H26N4O4/c1-25-21(29)24(22(30)26(2)23(25)31)14-16-6-4-5-7-19(16)28-13-12-27(15-20(24)28)17-8-10-18(32-3)11-9-17/h4-11,20H,12-15H2,1-3H3. The molecule has 0 N–H and O–H groups in total. The number of para-hydroxylation sites is 1. The van der Waals surface area contributed by atoms with Gasteiger partial charge in [0, 0.05) is 45.1 Å². The number of anilines is 2. The van der Waals surface area contributed by atoms with Crippen LogP contribution in [-0.4, -0.2) is 74.5 Å². The first kappa shape index (κ1) is 20.4. The minimum absolute atomic E-state index is 0.278. The first-order chi connectivity index (χ1) is 15.4. The number of fused-ring (bicyclic) bond motifs is 4. The maximum Gasteiger partial charge on any atom is 0.332 e. The second kappa shape index (κ2) is 7.25.